The molecule has 11 aromatic rings. The maximum absolute atomic E-state index is 8.85. The molecule has 0 amide bonds. The van der Waals surface area contributed by atoms with Crippen LogP contribution in [0, 0.1) is 0 Å². The monoisotopic (exact) mass is 990 g/mol. The summed E-state index contributed by atoms with van der Waals surface area (Å²) in [6, 6.07) is 59.6. The van der Waals surface area contributed by atoms with Crippen molar-refractivity contribution in [1.29, 1.82) is 0 Å². The molecule has 0 aliphatic carbocycles. The van der Waals surface area contributed by atoms with Crippen LogP contribution in [-0.4, -0.2) is 14.1 Å². The first kappa shape index (κ1) is 38.7. The molecule has 0 atom stereocenters. The summed E-state index contributed by atoms with van der Waals surface area (Å²) in [4.78, 5) is 7.24. The molecule has 5 heteroatoms. The van der Waals surface area contributed by atoms with Gasteiger partial charge in [0.25, 0.3) is 0 Å². The number of hydrogen-bond donors (Lipinski definition) is 0. The number of hydrogen-bond acceptors (Lipinski definition) is 3. The van der Waals surface area contributed by atoms with E-state index in [1.807, 2.05) is 63.4 Å². The molecule has 0 unspecified atom stereocenters. The van der Waals surface area contributed by atoms with Gasteiger partial charge in [-0.15, -0.1) is 0 Å². The van der Waals surface area contributed by atoms with Gasteiger partial charge in [0.15, 0.2) is 0 Å². The van der Waals surface area contributed by atoms with E-state index in [9.17, 15) is 0 Å². The first-order chi connectivity index (χ1) is 39.5. The van der Waals surface area contributed by atoms with Gasteiger partial charge in [0.05, 0.1) is 27.8 Å². The Hall–Kier alpha value is -7.89. The van der Waals surface area contributed by atoms with E-state index in [-0.39, 0.29) is 16.4 Å². The Balaban J connectivity index is 1.12. The van der Waals surface area contributed by atoms with Gasteiger partial charge in [-0.3, -0.25) is 4.57 Å². The number of pyridine rings is 1. The SMILES string of the molecule is [2H]C([2H])([2H])C(c1cc(-c2cccc3c4ccccc4c4ccccc4c4cccc5c4n(c23)CN5c2cc(Oc3ccc4c5ccccc5n(-c5cc(C(C)(C)C)ccn5)c4c3)cc(C(C)(C)C)c2)cc(C(C)(C)C)c1)(C([2H])([2H])[2H])C([2H])([2H])[2H]. The van der Waals surface area contributed by atoms with Gasteiger partial charge in [-0.2, -0.15) is 0 Å². The van der Waals surface area contributed by atoms with E-state index in [1.165, 1.54) is 17.7 Å². The number of aromatic nitrogens is 3. The lowest BCUT2D eigenvalue weighted by Gasteiger charge is -2.27. The van der Waals surface area contributed by atoms with Crippen LogP contribution in [0.2, 0.25) is 0 Å². The molecule has 75 heavy (non-hydrogen) atoms. The van der Waals surface area contributed by atoms with E-state index in [2.05, 4.69) is 183 Å². The molecule has 374 valence electrons. The summed E-state index contributed by atoms with van der Waals surface area (Å²) >= 11 is 0. The maximum Gasteiger partial charge on any atom is 0.137 e. The molecule has 1 aliphatic rings. The van der Waals surface area contributed by atoms with Gasteiger partial charge < -0.3 is 14.2 Å². The fourth-order valence-electron chi connectivity index (χ4n) is 11.2. The molecule has 0 saturated carbocycles. The van der Waals surface area contributed by atoms with Gasteiger partial charge in [-0.25, -0.2) is 4.98 Å². The minimum atomic E-state index is -3.47. The van der Waals surface area contributed by atoms with E-state index in [0.29, 0.717) is 34.9 Å². The fourth-order valence-corrected chi connectivity index (χ4v) is 11.2. The quantitative estimate of drug-likeness (QED) is 0.172. The minimum Gasteiger partial charge on any atom is -0.457 e. The van der Waals surface area contributed by atoms with Crippen molar-refractivity contribution in [2.45, 2.75) is 111 Å². The first-order valence-corrected chi connectivity index (χ1v) is 26.0. The highest BCUT2D eigenvalue weighted by Gasteiger charge is 2.29. The van der Waals surface area contributed by atoms with Crippen LogP contribution in [0.25, 0.3) is 82.1 Å². The highest BCUT2D eigenvalue weighted by molar-refractivity contribution is 6.22. The predicted octanol–water partition coefficient (Wildman–Crippen LogP) is 19.5. The number of para-hydroxylation sites is 3. The molecule has 0 fully saturated rings. The molecule has 8 aromatic carbocycles. The van der Waals surface area contributed by atoms with Crippen molar-refractivity contribution >= 4 is 76.5 Å². The van der Waals surface area contributed by atoms with Crippen LogP contribution in [0.4, 0.5) is 11.4 Å². The van der Waals surface area contributed by atoms with Gasteiger partial charge in [0, 0.05) is 63.5 Å². The lowest BCUT2D eigenvalue weighted by Crippen LogP contribution is -2.17. The molecule has 5 nitrogen and oxygen atoms in total. The average Bonchev–Trinajstić information content (AvgIpc) is 0.849. The summed E-state index contributed by atoms with van der Waals surface area (Å²) < 4.78 is 91.3. The van der Waals surface area contributed by atoms with Gasteiger partial charge >= 0.3 is 0 Å². The molecule has 3 aromatic heterocycles. The molecule has 4 heterocycles. The van der Waals surface area contributed by atoms with E-state index in [0.717, 1.165) is 87.9 Å². The number of nitrogens with zero attached hydrogens (tertiary/aromatic N) is 4. The topological polar surface area (TPSA) is 35.2 Å². The molecule has 1 aliphatic heterocycles. The normalized spacial score (nSPS) is 15.5. The van der Waals surface area contributed by atoms with Crippen molar-refractivity contribution in [1.82, 2.24) is 14.1 Å². The highest BCUT2D eigenvalue weighted by Crippen LogP contribution is 2.47. The van der Waals surface area contributed by atoms with Gasteiger partial charge in [-0.05, 0) is 120 Å². The predicted molar refractivity (Wildman–Crippen MR) is 320 cm³/mol. The number of rotatable bonds is 5. The van der Waals surface area contributed by atoms with Crippen LogP contribution >= 0.6 is 0 Å². The van der Waals surface area contributed by atoms with E-state index in [1.54, 1.807) is 0 Å². The summed E-state index contributed by atoms with van der Waals surface area (Å²) in [7, 11) is 0. The van der Waals surface area contributed by atoms with Crippen LogP contribution in [0.15, 0.2) is 182 Å². The van der Waals surface area contributed by atoms with Gasteiger partial charge in [-0.1, -0.05) is 198 Å². The van der Waals surface area contributed by atoms with Crippen LogP contribution in [-0.2, 0) is 28.3 Å². The Kier molecular flexibility index (Phi) is 8.94. The largest absolute Gasteiger partial charge is 0.457 e. The Morgan fingerprint density at radius 3 is 1.65 bits per heavy atom. The zero-order valence-corrected chi connectivity index (χ0v) is 44.2. The first-order valence-electron chi connectivity index (χ1n) is 30.5. The van der Waals surface area contributed by atoms with Crippen molar-refractivity contribution in [3.8, 4) is 28.4 Å². The lowest BCUT2D eigenvalue weighted by atomic mass is 9.78. The lowest BCUT2D eigenvalue weighted by molar-refractivity contribution is 0.479. The third kappa shape index (κ3) is 8.38. The summed E-state index contributed by atoms with van der Waals surface area (Å²) in [5.41, 5.74) is 4.91. The third-order valence-corrected chi connectivity index (χ3v) is 15.2. The summed E-state index contributed by atoms with van der Waals surface area (Å²) in [5, 5.41) is 8.06. The number of anilines is 2. The standard InChI is InChI=1S/C70H68N4O/c1-67(2,3)45-33-34-71-64(40-45)74-61-29-18-17-25-57(61)58-32-31-50(42-63(58)74)75-51-39-48(70(10,11)12)38-49(41-51)72-43-73-65-52(44-35-46(68(4,5)6)37-47(36-44)69(7,8)9)26-19-27-59(65)55-23-15-13-21-53(55)54-22-14-16-24-56(54)60-28-20-30-62(72)66(60)73/h13-42H,43H2,1-12H3/i4D3,5D3,6D3. The van der Waals surface area contributed by atoms with E-state index >= 15 is 0 Å². The van der Waals surface area contributed by atoms with Crippen molar-refractivity contribution in [3.63, 3.8) is 0 Å². The molecule has 0 saturated heterocycles. The number of benzene rings is 8. The molecule has 0 radical (unpaired) electrons. The van der Waals surface area contributed by atoms with Crippen LogP contribution in [0.5, 0.6) is 11.5 Å². The van der Waals surface area contributed by atoms with Gasteiger partial charge in [0.2, 0.25) is 0 Å². The maximum atomic E-state index is 8.85. The van der Waals surface area contributed by atoms with Crippen LogP contribution < -0.4 is 9.64 Å². The summed E-state index contributed by atoms with van der Waals surface area (Å²) in [6.45, 7) is 8.98. The van der Waals surface area contributed by atoms with E-state index < -0.39 is 31.4 Å². The highest BCUT2D eigenvalue weighted by atomic mass is 16.5. The zero-order valence-electron chi connectivity index (χ0n) is 53.2. The molecule has 0 spiro atoms. The van der Waals surface area contributed by atoms with Crippen molar-refractivity contribution in [3.05, 3.63) is 204 Å². The van der Waals surface area contributed by atoms with Crippen LogP contribution in [0.1, 0.15) is 117 Å². The van der Waals surface area contributed by atoms with Crippen molar-refractivity contribution < 1.29 is 17.1 Å². The summed E-state index contributed by atoms with van der Waals surface area (Å²) in [6.07, 6.45) is 1.89. The molecule has 0 N–H and O–H groups in total. The van der Waals surface area contributed by atoms with Crippen molar-refractivity contribution in [2.75, 3.05) is 4.90 Å². The second-order valence-electron chi connectivity index (χ2n) is 23.5. The van der Waals surface area contributed by atoms with Crippen molar-refractivity contribution in [2.24, 2.45) is 0 Å². The van der Waals surface area contributed by atoms with Crippen LogP contribution in [0.3, 0.4) is 0 Å². The molecule has 12 rings (SSSR count). The summed E-state index contributed by atoms with van der Waals surface area (Å²) in [5.74, 6) is 2.14. The number of fused-ring (bicyclic) bond motifs is 10. The Bertz CT molecular complexity index is 4510. The molecular formula is C70H68N4O. The average molecular weight is 990 g/mol. The second-order valence-corrected chi connectivity index (χ2v) is 23.5. The number of ether oxygens (including phenoxy) is 1. The third-order valence-electron chi connectivity index (χ3n) is 15.2. The second kappa shape index (κ2) is 17.3. The fraction of sp³-hybridized carbons (Fsp3) is 0.243. The Morgan fingerprint density at radius 1 is 0.440 bits per heavy atom. The molecule has 0 bridgehead atoms. The Labute approximate surface area is 455 Å². The smallest absolute Gasteiger partial charge is 0.137 e. The zero-order chi connectivity index (χ0) is 59.8. The van der Waals surface area contributed by atoms with E-state index in [4.69, 9.17) is 22.1 Å². The molecular weight excluding hydrogens is 913 g/mol. The Morgan fingerprint density at radius 2 is 1.00 bits per heavy atom. The minimum absolute atomic E-state index is 0.0867. The van der Waals surface area contributed by atoms with Gasteiger partial charge in [0.1, 0.15) is 24.0 Å².